The molecule has 2 saturated heterocycles. The Morgan fingerprint density at radius 3 is 2.33 bits per heavy atom. The van der Waals surface area contributed by atoms with E-state index in [-0.39, 0.29) is 17.7 Å². The Balaban J connectivity index is 2.05. The molecule has 3 nitrogen and oxygen atoms in total. The van der Waals surface area contributed by atoms with Crippen LogP contribution in [0.1, 0.15) is 31.2 Å². The first kappa shape index (κ1) is 11.9. The van der Waals surface area contributed by atoms with Crippen molar-refractivity contribution in [2.75, 3.05) is 0 Å². The Hall–Kier alpha value is -1.16. The van der Waals surface area contributed by atoms with Gasteiger partial charge in [0.2, 0.25) is 11.8 Å². The van der Waals surface area contributed by atoms with E-state index in [2.05, 4.69) is 21.2 Å². The molecule has 18 heavy (non-hydrogen) atoms. The molecule has 1 aromatic carbocycles. The molecule has 1 aromatic rings. The second-order valence-corrected chi connectivity index (χ2v) is 6.10. The number of imide groups is 1. The van der Waals surface area contributed by atoms with E-state index in [4.69, 9.17) is 0 Å². The summed E-state index contributed by atoms with van der Waals surface area (Å²) in [5.74, 6) is -0.175. The van der Waals surface area contributed by atoms with E-state index < -0.39 is 5.41 Å². The van der Waals surface area contributed by atoms with E-state index in [1.807, 2.05) is 24.3 Å². The maximum Gasteiger partial charge on any atom is 0.237 e. The third-order valence-electron chi connectivity index (χ3n) is 4.28. The van der Waals surface area contributed by atoms with E-state index >= 15 is 0 Å². The predicted molar refractivity (Wildman–Crippen MR) is 70.9 cm³/mol. The van der Waals surface area contributed by atoms with Gasteiger partial charge in [0.15, 0.2) is 0 Å². The fourth-order valence-corrected chi connectivity index (χ4v) is 3.39. The first-order valence-electron chi connectivity index (χ1n) is 6.23. The Labute approximate surface area is 114 Å². The number of carbonyl (C=O) groups excluding carboxylic acids is 2. The van der Waals surface area contributed by atoms with Crippen molar-refractivity contribution in [1.29, 1.82) is 0 Å². The molecule has 0 radical (unpaired) electrons. The summed E-state index contributed by atoms with van der Waals surface area (Å²) in [4.78, 5) is 24.1. The van der Waals surface area contributed by atoms with Gasteiger partial charge in [-0.15, -0.1) is 0 Å². The second-order valence-electron chi connectivity index (χ2n) is 5.18. The van der Waals surface area contributed by atoms with Gasteiger partial charge in [0, 0.05) is 10.4 Å². The predicted octanol–water partition coefficient (Wildman–Crippen LogP) is 2.53. The van der Waals surface area contributed by atoms with Gasteiger partial charge in [-0.05, 0) is 43.4 Å². The van der Waals surface area contributed by atoms with Crippen molar-refractivity contribution in [2.45, 2.75) is 31.1 Å². The molecule has 1 N–H and O–H groups in total. The van der Waals surface area contributed by atoms with Crippen LogP contribution in [0.5, 0.6) is 0 Å². The number of fused-ring (bicyclic) bond motifs is 4. The van der Waals surface area contributed by atoms with Gasteiger partial charge in [0.05, 0.1) is 5.41 Å². The van der Waals surface area contributed by atoms with Crippen LogP contribution in [0.3, 0.4) is 0 Å². The molecule has 4 rings (SSSR count). The maximum absolute atomic E-state index is 12.3. The fraction of sp³-hybridized carbons (Fsp3) is 0.429. The minimum Gasteiger partial charge on any atom is -0.295 e. The number of hydrogen-bond donors (Lipinski definition) is 1. The van der Waals surface area contributed by atoms with Crippen molar-refractivity contribution in [3.05, 3.63) is 34.3 Å². The first-order valence-corrected chi connectivity index (χ1v) is 7.02. The summed E-state index contributed by atoms with van der Waals surface area (Å²) in [6.45, 7) is 0. The highest BCUT2D eigenvalue weighted by Gasteiger charge is 2.48. The molecular formula is C14H14BrNO2. The number of nitrogens with one attached hydrogen (secondary N) is 1. The van der Waals surface area contributed by atoms with Crippen molar-refractivity contribution in [1.82, 2.24) is 5.32 Å². The normalized spacial score (nSPS) is 31.1. The molecule has 1 aliphatic carbocycles. The average Bonchev–Trinajstić information content (AvgIpc) is 2.57. The van der Waals surface area contributed by atoms with Gasteiger partial charge in [0.25, 0.3) is 0 Å². The number of carbonyl (C=O) groups is 2. The van der Waals surface area contributed by atoms with E-state index in [0.717, 1.165) is 35.7 Å². The van der Waals surface area contributed by atoms with Gasteiger partial charge in [-0.3, -0.25) is 14.9 Å². The monoisotopic (exact) mass is 307 g/mol. The Morgan fingerprint density at radius 1 is 1.11 bits per heavy atom. The SMILES string of the molecule is O=C1NC(=O)C2(c3ccc(Br)cc3)CCC1CC2. The molecule has 3 fully saturated rings. The molecule has 94 valence electrons. The van der Waals surface area contributed by atoms with Crippen molar-refractivity contribution in [3.8, 4) is 0 Å². The minimum atomic E-state index is -0.497. The highest BCUT2D eigenvalue weighted by molar-refractivity contribution is 9.10. The van der Waals surface area contributed by atoms with Crippen LogP contribution in [0.25, 0.3) is 0 Å². The molecule has 2 amide bonds. The van der Waals surface area contributed by atoms with Crippen LogP contribution in [0, 0.1) is 5.92 Å². The Morgan fingerprint density at radius 2 is 1.72 bits per heavy atom. The second kappa shape index (κ2) is 4.19. The molecule has 0 aromatic heterocycles. The lowest BCUT2D eigenvalue weighted by molar-refractivity contribution is -0.132. The van der Waals surface area contributed by atoms with Crippen molar-refractivity contribution in [2.24, 2.45) is 5.92 Å². The number of hydrogen-bond acceptors (Lipinski definition) is 2. The summed E-state index contributed by atoms with van der Waals surface area (Å²) < 4.78 is 1.00. The summed E-state index contributed by atoms with van der Waals surface area (Å²) in [5, 5.41) is 2.57. The van der Waals surface area contributed by atoms with Gasteiger partial charge in [-0.2, -0.15) is 0 Å². The van der Waals surface area contributed by atoms with E-state index in [0.29, 0.717) is 0 Å². The van der Waals surface area contributed by atoms with Crippen molar-refractivity contribution >= 4 is 27.7 Å². The molecule has 2 aliphatic heterocycles. The number of rotatable bonds is 1. The first-order chi connectivity index (χ1) is 8.62. The van der Waals surface area contributed by atoms with Crippen LogP contribution in [0.4, 0.5) is 0 Å². The number of benzene rings is 1. The van der Waals surface area contributed by atoms with Crippen LogP contribution in [0.15, 0.2) is 28.7 Å². The Bertz CT molecular complexity index is 501. The van der Waals surface area contributed by atoms with E-state index in [1.54, 1.807) is 0 Å². The van der Waals surface area contributed by atoms with Crippen LogP contribution < -0.4 is 5.32 Å². The smallest absolute Gasteiger partial charge is 0.237 e. The van der Waals surface area contributed by atoms with Gasteiger partial charge in [-0.25, -0.2) is 0 Å². The highest BCUT2D eigenvalue weighted by atomic mass is 79.9. The molecule has 0 atom stereocenters. The van der Waals surface area contributed by atoms with Crippen LogP contribution in [0.2, 0.25) is 0 Å². The Kier molecular flexibility index (Phi) is 2.77. The third-order valence-corrected chi connectivity index (χ3v) is 4.81. The quantitative estimate of drug-likeness (QED) is 0.810. The summed E-state index contributed by atoms with van der Waals surface area (Å²) >= 11 is 3.40. The lowest BCUT2D eigenvalue weighted by atomic mass is 9.67. The van der Waals surface area contributed by atoms with Gasteiger partial charge in [-0.1, -0.05) is 28.1 Å². The molecule has 3 aliphatic rings. The highest BCUT2D eigenvalue weighted by Crippen LogP contribution is 2.44. The zero-order valence-electron chi connectivity index (χ0n) is 9.91. The molecule has 1 saturated carbocycles. The lowest BCUT2D eigenvalue weighted by Gasteiger charge is -2.34. The minimum absolute atomic E-state index is 0.0278. The summed E-state index contributed by atoms with van der Waals surface area (Å²) in [5.41, 5.74) is 0.528. The summed E-state index contributed by atoms with van der Waals surface area (Å²) in [7, 11) is 0. The third kappa shape index (κ3) is 1.70. The van der Waals surface area contributed by atoms with Crippen LogP contribution in [-0.2, 0) is 15.0 Å². The summed E-state index contributed by atoms with van der Waals surface area (Å²) in [6, 6.07) is 7.88. The topological polar surface area (TPSA) is 46.2 Å². The molecule has 4 heteroatoms. The average molecular weight is 308 g/mol. The lowest BCUT2D eigenvalue weighted by Crippen LogP contribution is -2.43. The number of halogens is 1. The molecular weight excluding hydrogens is 294 g/mol. The van der Waals surface area contributed by atoms with Crippen LogP contribution >= 0.6 is 15.9 Å². The fourth-order valence-electron chi connectivity index (χ4n) is 3.12. The maximum atomic E-state index is 12.3. The van der Waals surface area contributed by atoms with E-state index in [1.165, 1.54) is 0 Å². The number of amides is 2. The van der Waals surface area contributed by atoms with Gasteiger partial charge < -0.3 is 0 Å². The largest absolute Gasteiger partial charge is 0.295 e. The van der Waals surface area contributed by atoms with Crippen molar-refractivity contribution < 1.29 is 9.59 Å². The van der Waals surface area contributed by atoms with Crippen LogP contribution in [-0.4, -0.2) is 11.8 Å². The molecule has 2 heterocycles. The zero-order valence-corrected chi connectivity index (χ0v) is 11.5. The molecule has 0 spiro atoms. The van der Waals surface area contributed by atoms with Crippen molar-refractivity contribution in [3.63, 3.8) is 0 Å². The molecule has 0 unspecified atom stereocenters. The van der Waals surface area contributed by atoms with Gasteiger partial charge >= 0.3 is 0 Å². The zero-order chi connectivity index (χ0) is 12.8. The summed E-state index contributed by atoms with van der Waals surface area (Å²) in [6.07, 6.45) is 3.18. The van der Waals surface area contributed by atoms with Gasteiger partial charge in [0.1, 0.15) is 0 Å². The molecule has 2 bridgehead atoms. The standard InChI is InChI=1S/C14H14BrNO2/c15-11-3-1-10(2-4-11)14-7-5-9(6-8-14)12(17)16-13(14)18/h1-4,9H,5-8H2,(H,16,17,18). The van der Waals surface area contributed by atoms with E-state index in [9.17, 15) is 9.59 Å².